The van der Waals surface area contributed by atoms with Crippen LogP contribution in [0.4, 0.5) is 8.78 Å². The number of nitrogens with one attached hydrogen (secondary N) is 1. The van der Waals surface area contributed by atoms with E-state index in [1.807, 2.05) is 0 Å². The van der Waals surface area contributed by atoms with Crippen molar-refractivity contribution in [3.8, 4) is 5.75 Å². The molecule has 3 atom stereocenters. The lowest BCUT2D eigenvalue weighted by atomic mass is 10.1. The Balaban J connectivity index is 1.39. The van der Waals surface area contributed by atoms with Crippen molar-refractivity contribution in [3.05, 3.63) is 65.7 Å². The Morgan fingerprint density at radius 2 is 1.72 bits per heavy atom. The molecule has 3 rings (SSSR count). The van der Waals surface area contributed by atoms with Crippen LogP contribution in [0.1, 0.15) is 17.9 Å². The molecule has 1 aliphatic carbocycles. The first-order chi connectivity index (χ1) is 12.0. The lowest BCUT2D eigenvalue weighted by molar-refractivity contribution is -0.122. The first kappa shape index (κ1) is 17.4. The molecule has 2 aromatic rings. The van der Waals surface area contributed by atoms with E-state index < -0.39 is 6.10 Å². The molecular weight excluding hydrogens is 328 g/mol. The van der Waals surface area contributed by atoms with Crippen LogP contribution >= 0.6 is 0 Å². The van der Waals surface area contributed by atoms with Crippen LogP contribution in [0.3, 0.4) is 0 Å². The lowest BCUT2D eigenvalue weighted by Gasteiger charge is -2.13. The molecule has 1 amide bonds. The van der Waals surface area contributed by atoms with E-state index in [2.05, 4.69) is 5.32 Å². The highest BCUT2D eigenvalue weighted by Gasteiger charge is 2.43. The van der Waals surface area contributed by atoms with Crippen molar-refractivity contribution in [2.24, 2.45) is 5.92 Å². The van der Waals surface area contributed by atoms with Crippen molar-refractivity contribution in [1.29, 1.82) is 0 Å². The minimum Gasteiger partial charge on any atom is -0.491 e. The standard InChI is InChI=1S/C19H19F2NO3/c20-13-3-1-12(2-4-13)17-9-18(17)19(24)22-10-15(23)11-25-16-7-5-14(21)6-8-16/h1-8,15,17-18,23H,9-11H2,(H,22,24). The Morgan fingerprint density at radius 3 is 2.36 bits per heavy atom. The second kappa shape index (κ2) is 7.61. The second-order valence-corrected chi connectivity index (χ2v) is 6.16. The highest BCUT2D eigenvalue weighted by atomic mass is 19.1. The molecule has 0 spiro atoms. The predicted molar refractivity (Wildman–Crippen MR) is 88.2 cm³/mol. The van der Waals surface area contributed by atoms with Crippen molar-refractivity contribution in [1.82, 2.24) is 5.32 Å². The maximum Gasteiger partial charge on any atom is 0.223 e. The molecule has 0 aliphatic heterocycles. The Hall–Kier alpha value is -2.47. The zero-order valence-electron chi connectivity index (χ0n) is 13.5. The molecule has 4 nitrogen and oxygen atoms in total. The van der Waals surface area contributed by atoms with Crippen LogP contribution < -0.4 is 10.1 Å². The van der Waals surface area contributed by atoms with Gasteiger partial charge >= 0.3 is 0 Å². The van der Waals surface area contributed by atoms with Gasteiger partial charge in [0.25, 0.3) is 0 Å². The van der Waals surface area contributed by atoms with Gasteiger partial charge in [0.15, 0.2) is 0 Å². The maximum atomic E-state index is 12.9. The van der Waals surface area contributed by atoms with E-state index >= 15 is 0 Å². The molecular formula is C19H19F2NO3. The first-order valence-corrected chi connectivity index (χ1v) is 8.12. The molecule has 2 aromatic carbocycles. The van der Waals surface area contributed by atoms with Gasteiger partial charge in [-0.15, -0.1) is 0 Å². The van der Waals surface area contributed by atoms with Gasteiger partial charge in [-0.2, -0.15) is 0 Å². The van der Waals surface area contributed by atoms with Crippen LogP contribution in [0, 0.1) is 17.6 Å². The van der Waals surface area contributed by atoms with Crippen molar-refractivity contribution in [2.75, 3.05) is 13.2 Å². The molecule has 6 heteroatoms. The minimum absolute atomic E-state index is 0.00201. The number of halogens is 2. The summed E-state index contributed by atoms with van der Waals surface area (Å²) in [4.78, 5) is 12.1. The van der Waals surface area contributed by atoms with E-state index in [0.717, 1.165) is 12.0 Å². The molecule has 1 saturated carbocycles. The van der Waals surface area contributed by atoms with Gasteiger partial charge in [0.1, 0.15) is 30.1 Å². The number of aliphatic hydroxyl groups is 1. The molecule has 0 heterocycles. The SMILES string of the molecule is O=C(NCC(O)COc1ccc(F)cc1)C1CC1c1ccc(F)cc1. The Kier molecular flexibility index (Phi) is 5.28. The van der Waals surface area contributed by atoms with Crippen molar-refractivity contribution >= 4 is 5.91 Å². The third-order valence-electron chi connectivity index (χ3n) is 4.19. The zero-order valence-corrected chi connectivity index (χ0v) is 13.5. The van der Waals surface area contributed by atoms with Gasteiger partial charge in [-0.3, -0.25) is 4.79 Å². The van der Waals surface area contributed by atoms with Gasteiger partial charge < -0.3 is 15.2 Å². The molecule has 132 valence electrons. The number of ether oxygens (including phenoxy) is 1. The fraction of sp³-hybridized carbons (Fsp3) is 0.316. The number of carbonyl (C=O) groups excluding carboxylic acids is 1. The van der Waals surface area contributed by atoms with E-state index in [1.165, 1.54) is 36.4 Å². The fourth-order valence-electron chi connectivity index (χ4n) is 2.69. The van der Waals surface area contributed by atoms with E-state index in [9.17, 15) is 18.7 Å². The number of carbonyl (C=O) groups is 1. The van der Waals surface area contributed by atoms with E-state index in [4.69, 9.17) is 4.74 Å². The summed E-state index contributed by atoms with van der Waals surface area (Å²) in [6, 6.07) is 11.6. The maximum absolute atomic E-state index is 12.9. The highest BCUT2D eigenvalue weighted by molar-refractivity contribution is 5.82. The van der Waals surface area contributed by atoms with Crippen LogP contribution in [0.15, 0.2) is 48.5 Å². The summed E-state index contributed by atoms with van der Waals surface area (Å²) in [5, 5.41) is 12.6. The number of benzene rings is 2. The van der Waals surface area contributed by atoms with Crippen LogP contribution in [0.5, 0.6) is 5.75 Å². The van der Waals surface area contributed by atoms with Gasteiger partial charge in [0, 0.05) is 12.5 Å². The Bertz CT molecular complexity index is 718. The number of rotatable bonds is 7. The van der Waals surface area contributed by atoms with Crippen LogP contribution in [-0.4, -0.2) is 30.3 Å². The Labute approximate surface area is 144 Å². The van der Waals surface area contributed by atoms with Crippen molar-refractivity contribution in [3.63, 3.8) is 0 Å². The number of aliphatic hydroxyl groups excluding tert-OH is 1. The molecule has 25 heavy (non-hydrogen) atoms. The molecule has 0 bridgehead atoms. The van der Waals surface area contributed by atoms with Crippen LogP contribution in [0.25, 0.3) is 0 Å². The average molecular weight is 347 g/mol. The third kappa shape index (κ3) is 4.76. The van der Waals surface area contributed by atoms with Gasteiger partial charge in [-0.1, -0.05) is 12.1 Å². The largest absolute Gasteiger partial charge is 0.491 e. The first-order valence-electron chi connectivity index (χ1n) is 8.12. The average Bonchev–Trinajstić information content (AvgIpc) is 3.40. The number of hydrogen-bond donors (Lipinski definition) is 2. The van der Waals surface area contributed by atoms with Gasteiger partial charge in [0.05, 0.1) is 0 Å². The monoisotopic (exact) mass is 347 g/mol. The van der Waals surface area contributed by atoms with Gasteiger partial charge in [0.2, 0.25) is 5.91 Å². The summed E-state index contributed by atoms with van der Waals surface area (Å²) >= 11 is 0. The van der Waals surface area contributed by atoms with E-state index in [1.54, 1.807) is 12.1 Å². The van der Waals surface area contributed by atoms with E-state index in [-0.39, 0.29) is 42.5 Å². The van der Waals surface area contributed by atoms with Crippen molar-refractivity contribution < 1.29 is 23.4 Å². The fourth-order valence-corrected chi connectivity index (χ4v) is 2.69. The normalized spacial score (nSPS) is 20.0. The summed E-state index contributed by atoms with van der Waals surface area (Å²) in [7, 11) is 0. The quantitative estimate of drug-likeness (QED) is 0.810. The lowest BCUT2D eigenvalue weighted by Crippen LogP contribution is -2.36. The third-order valence-corrected chi connectivity index (χ3v) is 4.19. The summed E-state index contributed by atoms with van der Waals surface area (Å²) in [5.41, 5.74) is 0.946. The smallest absolute Gasteiger partial charge is 0.223 e. The summed E-state index contributed by atoms with van der Waals surface area (Å²) in [6.45, 7) is 0.0740. The predicted octanol–water partition coefficient (Wildman–Crippen LogP) is 2.62. The number of amides is 1. The van der Waals surface area contributed by atoms with Crippen LogP contribution in [-0.2, 0) is 4.79 Å². The summed E-state index contributed by atoms with van der Waals surface area (Å²) in [6.07, 6.45) is -0.142. The molecule has 3 unspecified atom stereocenters. The Morgan fingerprint density at radius 1 is 1.12 bits per heavy atom. The molecule has 0 radical (unpaired) electrons. The summed E-state index contributed by atoms with van der Waals surface area (Å²) in [5.74, 6) is -0.376. The van der Waals surface area contributed by atoms with Crippen molar-refractivity contribution in [2.45, 2.75) is 18.4 Å². The molecule has 1 aliphatic rings. The molecule has 0 saturated heterocycles. The van der Waals surface area contributed by atoms with Crippen LogP contribution in [0.2, 0.25) is 0 Å². The zero-order chi connectivity index (χ0) is 17.8. The second-order valence-electron chi connectivity index (χ2n) is 6.16. The van der Waals surface area contributed by atoms with Gasteiger partial charge in [-0.25, -0.2) is 8.78 Å². The molecule has 2 N–H and O–H groups in total. The van der Waals surface area contributed by atoms with Gasteiger partial charge in [-0.05, 0) is 54.3 Å². The minimum atomic E-state index is -0.864. The molecule has 1 fully saturated rings. The summed E-state index contributed by atoms with van der Waals surface area (Å²) < 4.78 is 31.0. The molecule has 0 aromatic heterocycles. The number of hydrogen-bond acceptors (Lipinski definition) is 3. The highest BCUT2D eigenvalue weighted by Crippen LogP contribution is 2.47. The van der Waals surface area contributed by atoms with E-state index in [0.29, 0.717) is 5.75 Å². The topological polar surface area (TPSA) is 58.6 Å².